The van der Waals surface area contributed by atoms with E-state index >= 15 is 4.39 Å². The standard InChI is InChI=1S/C27H28FN7O2/c1-14-18(12-32-24-23(14)31-9-10-37-24)17-11-20-19(22(29)21(17)28)13-33-26(35-20)34-16-7-5-15(6-8-16)27(2,3)25(36)30-4/h5-8,11-13,31H,9-10,29H2,1-4H3,(H,30,36)(H,33,34,35). The SMILES string of the molecule is CNC(=O)C(C)(C)c1ccc(Nc2ncc3c(N)c(F)c(-c4cnc5c(c4C)NCCO5)cc3n2)cc1. The molecule has 1 amide bonds. The fourth-order valence-corrected chi connectivity index (χ4v) is 4.47. The molecule has 0 fully saturated rings. The summed E-state index contributed by atoms with van der Waals surface area (Å²) in [5.41, 5.74) is 10.0. The van der Waals surface area contributed by atoms with Crippen LogP contribution >= 0.6 is 0 Å². The maximum atomic E-state index is 15.4. The number of pyridine rings is 1. The number of hydrogen-bond donors (Lipinski definition) is 4. The maximum absolute atomic E-state index is 15.4. The van der Waals surface area contributed by atoms with Gasteiger partial charge in [0.15, 0.2) is 5.82 Å². The van der Waals surface area contributed by atoms with Crippen LogP contribution in [0.1, 0.15) is 25.0 Å². The first-order valence-corrected chi connectivity index (χ1v) is 11.9. The number of aromatic nitrogens is 3. The van der Waals surface area contributed by atoms with Crippen molar-refractivity contribution in [1.29, 1.82) is 0 Å². The van der Waals surface area contributed by atoms with E-state index in [1.165, 1.54) is 6.20 Å². The Morgan fingerprint density at radius 2 is 1.92 bits per heavy atom. The van der Waals surface area contributed by atoms with Crippen LogP contribution in [0.4, 0.5) is 27.4 Å². The number of anilines is 4. The van der Waals surface area contributed by atoms with Crippen molar-refractivity contribution in [3.05, 3.63) is 59.7 Å². The van der Waals surface area contributed by atoms with Gasteiger partial charge in [-0.25, -0.2) is 19.3 Å². The van der Waals surface area contributed by atoms with Crippen LogP contribution in [0.5, 0.6) is 5.88 Å². The van der Waals surface area contributed by atoms with E-state index in [2.05, 4.69) is 30.9 Å². The molecule has 0 saturated heterocycles. The van der Waals surface area contributed by atoms with Crippen molar-refractivity contribution >= 4 is 39.8 Å². The Labute approximate surface area is 213 Å². The molecule has 0 atom stereocenters. The number of ether oxygens (including phenoxy) is 1. The summed E-state index contributed by atoms with van der Waals surface area (Å²) in [7, 11) is 1.62. The molecule has 0 aliphatic carbocycles. The summed E-state index contributed by atoms with van der Waals surface area (Å²) < 4.78 is 21.0. The van der Waals surface area contributed by atoms with Gasteiger partial charge in [0, 0.05) is 48.2 Å². The van der Waals surface area contributed by atoms with Crippen LogP contribution in [0.2, 0.25) is 0 Å². The first-order chi connectivity index (χ1) is 17.7. The average Bonchev–Trinajstić information content (AvgIpc) is 2.91. The van der Waals surface area contributed by atoms with Crippen molar-refractivity contribution in [1.82, 2.24) is 20.3 Å². The Morgan fingerprint density at radius 1 is 1.16 bits per heavy atom. The summed E-state index contributed by atoms with van der Waals surface area (Å²) in [4.78, 5) is 25.5. The van der Waals surface area contributed by atoms with E-state index in [0.29, 0.717) is 47.0 Å². The quantitative estimate of drug-likeness (QED) is 0.298. The average molecular weight is 502 g/mol. The Balaban J connectivity index is 1.49. The summed E-state index contributed by atoms with van der Waals surface area (Å²) in [6.45, 7) is 6.79. The number of nitrogens with zero attached hydrogens (tertiary/aromatic N) is 3. The van der Waals surface area contributed by atoms with Gasteiger partial charge in [0.25, 0.3) is 0 Å². The number of benzene rings is 2. The van der Waals surface area contributed by atoms with Crippen molar-refractivity contribution in [3.8, 4) is 17.0 Å². The fourth-order valence-electron chi connectivity index (χ4n) is 4.47. The fraction of sp³-hybridized carbons (Fsp3) is 0.259. The smallest absolute Gasteiger partial charge is 0.237 e. The molecule has 2 aromatic heterocycles. The van der Waals surface area contributed by atoms with E-state index in [0.717, 1.165) is 22.5 Å². The number of carbonyl (C=O) groups excluding carboxylic acids is 1. The predicted octanol–water partition coefficient (Wildman–Crippen LogP) is 4.29. The van der Waals surface area contributed by atoms with Gasteiger partial charge in [0.1, 0.15) is 12.3 Å². The second kappa shape index (κ2) is 9.20. The zero-order valence-electron chi connectivity index (χ0n) is 21.1. The Morgan fingerprint density at radius 3 is 2.65 bits per heavy atom. The number of halogens is 1. The van der Waals surface area contributed by atoms with Crippen molar-refractivity contribution < 1.29 is 13.9 Å². The molecule has 0 saturated carbocycles. The molecule has 9 nitrogen and oxygen atoms in total. The molecule has 10 heteroatoms. The summed E-state index contributed by atoms with van der Waals surface area (Å²) in [6, 6.07) is 9.13. The van der Waals surface area contributed by atoms with Crippen molar-refractivity contribution in [2.45, 2.75) is 26.2 Å². The molecule has 0 unspecified atom stereocenters. The van der Waals surface area contributed by atoms with E-state index in [4.69, 9.17) is 10.5 Å². The van der Waals surface area contributed by atoms with Crippen molar-refractivity contribution in [2.24, 2.45) is 0 Å². The van der Waals surface area contributed by atoms with Gasteiger partial charge < -0.3 is 26.4 Å². The largest absolute Gasteiger partial charge is 0.474 e. The number of nitrogen functional groups attached to an aromatic ring is 1. The van der Waals surface area contributed by atoms with Gasteiger partial charge in [-0.2, -0.15) is 0 Å². The van der Waals surface area contributed by atoms with Gasteiger partial charge >= 0.3 is 0 Å². The Kier molecular flexibility index (Phi) is 6.02. The monoisotopic (exact) mass is 501 g/mol. The van der Waals surface area contributed by atoms with E-state index in [9.17, 15) is 4.79 Å². The molecule has 2 aromatic carbocycles. The minimum absolute atomic E-state index is 0.0267. The van der Waals surface area contributed by atoms with Gasteiger partial charge in [-0.15, -0.1) is 0 Å². The third-order valence-corrected chi connectivity index (χ3v) is 6.76. The molecule has 0 bridgehead atoms. The van der Waals surface area contributed by atoms with E-state index < -0.39 is 11.2 Å². The van der Waals surface area contributed by atoms with E-state index in [1.54, 1.807) is 19.3 Å². The van der Waals surface area contributed by atoms with Gasteiger partial charge in [-0.1, -0.05) is 12.1 Å². The number of likely N-dealkylation sites (N-methyl/N-ethyl adjacent to an activating group) is 1. The topological polar surface area (TPSA) is 127 Å². The molecule has 37 heavy (non-hydrogen) atoms. The lowest BCUT2D eigenvalue weighted by Gasteiger charge is -2.23. The number of nitrogens with two attached hydrogens (primary N) is 1. The number of hydrogen-bond acceptors (Lipinski definition) is 8. The third-order valence-electron chi connectivity index (χ3n) is 6.76. The molecule has 5 rings (SSSR count). The molecular formula is C27H28FN7O2. The lowest BCUT2D eigenvalue weighted by molar-refractivity contribution is -0.125. The van der Waals surface area contributed by atoms with Gasteiger partial charge in [0.2, 0.25) is 17.7 Å². The lowest BCUT2D eigenvalue weighted by atomic mass is 9.83. The molecule has 1 aliphatic rings. The first kappa shape index (κ1) is 24.2. The molecule has 1 aliphatic heterocycles. The normalized spacial score (nSPS) is 12.9. The molecule has 5 N–H and O–H groups in total. The molecule has 4 aromatic rings. The van der Waals surface area contributed by atoms with Gasteiger partial charge in [-0.05, 0) is 50.1 Å². The molecule has 0 radical (unpaired) electrons. The first-order valence-electron chi connectivity index (χ1n) is 11.9. The van der Waals surface area contributed by atoms with Crippen molar-refractivity contribution in [2.75, 3.05) is 36.6 Å². The third kappa shape index (κ3) is 4.24. The highest BCUT2D eigenvalue weighted by molar-refractivity contribution is 5.96. The molecular weight excluding hydrogens is 473 g/mol. The van der Waals surface area contributed by atoms with E-state index in [-0.39, 0.29) is 11.6 Å². The summed E-state index contributed by atoms with van der Waals surface area (Å²) in [5.74, 6) is 0.213. The van der Waals surface area contributed by atoms with Crippen LogP contribution in [-0.2, 0) is 10.2 Å². The van der Waals surface area contributed by atoms with Crippen LogP contribution in [0, 0.1) is 12.7 Å². The van der Waals surface area contributed by atoms with Crippen LogP contribution in [0.25, 0.3) is 22.0 Å². The predicted molar refractivity (Wildman–Crippen MR) is 143 cm³/mol. The zero-order chi connectivity index (χ0) is 26.3. The van der Waals surface area contributed by atoms with Gasteiger partial charge in [-0.3, -0.25) is 4.79 Å². The summed E-state index contributed by atoms with van der Waals surface area (Å²) >= 11 is 0. The highest BCUT2D eigenvalue weighted by Gasteiger charge is 2.28. The van der Waals surface area contributed by atoms with Crippen molar-refractivity contribution in [3.63, 3.8) is 0 Å². The second-order valence-corrected chi connectivity index (χ2v) is 9.44. The number of fused-ring (bicyclic) bond motifs is 2. The Bertz CT molecular complexity index is 1520. The van der Waals surface area contributed by atoms with Crippen LogP contribution in [-0.4, -0.2) is 41.1 Å². The number of nitrogens with one attached hydrogen (secondary N) is 3. The zero-order valence-corrected chi connectivity index (χ0v) is 21.1. The molecule has 3 heterocycles. The molecule has 0 spiro atoms. The minimum Gasteiger partial charge on any atom is -0.474 e. The summed E-state index contributed by atoms with van der Waals surface area (Å²) in [5, 5.41) is 9.55. The minimum atomic E-state index is -0.671. The number of amides is 1. The van der Waals surface area contributed by atoms with Crippen LogP contribution < -0.4 is 26.4 Å². The van der Waals surface area contributed by atoms with Crippen LogP contribution in [0.3, 0.4) is 0 Å². The van der Waals surface area contributed by atoms with Gasteiger partial charge in [0.05, 0.1) is 16.6 Å². The number of rotatable bonds is 5. The highest BCUT2D eigenvalue weighted by atomic mass is 19.1. The lowest BCUT2D eigenvalue weighted by Crippen LogP contribution is -2.37. The van der Waals surface area contributed by atoms with Crippen LogP contribution in [0.15, 0.2) is 42.7 Å². The number of carbonyl (C=O) groups is 1. The highest BCUT2D eigenvalue weighted by Crippen LogP contribution is 2.39. The Hall–Kier alpha value is -4.47. The summed E-state index contributed by atoms with van der Waals surface area (Å²) in [6.07, 6.45) is 3.09. The second-order valence-electron chi connectivity index (χ2n) is 9.44. The van der Waals surface area contributed by atoms with E-state index in [1.807, 2.05) is 45.0 Å². The molecule has 190 valence electrons. The maximum Gasteiger partial charge on any atom is 0.237 e.